The molecule has 3 N–H and O–H groups in total. The molecule has 0 rings (SSSR count). The fourth-order valence-corrected chi connectivity index (χ4v) is 13.0. The average Bonchev–Trinajstić information content (AvgIpc) is 3.58. The average molecular weight is 1240 g/mol. The van der Waals surface area contributed by atoms with Crippen LogP contribution >= 0.6 is 0 Å². The van der Waals surface area contributed by atoms with Crippen molar-refractivity contribution in [1.29, 1.82) is 0 Å². The molecule has 6 nitrogen and oxygen atoms in total. The van der Waals surface area contributed by atoms with Gasteiger partial charge in [-0.3, -0.25) is 9.59 Å². The summed E-state index contributed by atoms with van der Waals surface area (Å²) in [6, 6.07) is -0.626. The highest BCUT2D eigenvalue weighted by atomic mass is 16.5. The van der Waals surface area contributed by atoms with Gasteiger partial charge in [0.1, 0.15) is 0 Å². The molecular formula is C82H159NO5. The number of allylic oxidation sites excluding steroid dienone is 3. The number of rotatable bonds is 77. The van der Waals surface area contributed by atoms with Crippen molar-refractivity contribution in [2.75, 3.05) is 13.2 Å². The summed E-state index contributed by atoms with van der Waals surface area (Å²) < 4.78 is 5.52. The Bertz CT molecular complexity index is 1380. The number of hydrogen-bond donors (Lipinski definition) is 3. The summed E-state index contributed by atoms with van der Waals surface area (Å²) in [4.78, 5) is 24.7. The van der Waals surface area contributed by atoms with Crippen LogP contribution in [0.25, 0.3) is 0 Å². The molecule has 0 bridgehead atoms. The maximum absolute atomic E-state index is 12.5. The first-order valence-corrected chi connectivity index (χ1v) is 40.6. The van der Waals surface area contributed by atoms with E-state index in [-0.39, 0.29) is 18.5 Å². The number of esters is 1. The number of aliphatic hydroxyl groups is 2. The molecule has 0 aliphatic heterocycles. The van der Waals surface area contributed by atoms with Crippen molar-refractivity contribution in [3.8, 4) is 0 Å². The predicted octanol–water partition coefficient (Wildman–Crippen LogP) is 26.8. The van der Waals surface area contributed by atoms with Crippen LogP contribution < -0.4 is 5.32 Å². The molecule has 0 aromatic heterocycles. The summed E-state index contributed by atoms with van der Waals surface area (Å²) in [5.74, 6) is -0.0361. The fraction of sp³-hybridized carbons (Fsp3) is 0.927. The van der Waals surface area contributed by atoms with Crippen LogP contribution in [0.3, 0.4) is 0 Å². The third-order valence-electron chi connectivity index (χ3n) is 19.2. The lowest BCUT2D eigenvalue weighted by molar-refractivity contribution is -0.143. The van der Waals surface area contributed by atoms with Crippen molar-refractivity contribution in [2.24, 2.45) is 0 Å². The predicted molar refractivity (Wildman–Crippen MR) is 389 cm³/mol. The number of hydrogen-bond acceptors (Lipinski definition) is 5. The van der Waals surface area contributed by atoms with Gasteiger partial charge in [0.25, 0.3) is 0 Å². The molecule has 0 aromatic carbocycles. The highest BCUT2D eigenvalue weighted by Crippen LogP contribution is 2.20. The molecule has 522 valence electrons. The first-order valence-electron chi connectivity index (χ1n) is 40.6. The smallest absolute Gasteiger partial charge is 0.305 e. The molecule has 1 amide bonds. The van der Waals surface area contributed by atoms with Crippen LogP contribution in [0, 0.1) is 0 Å². The molecule has 0 saturated carbocycles. The number of unbranched alkanes of at least 4 members (excludes halogenated alkanes) is 64. The maximum atomic E-state index is 12.5. The third kappa shape index (κ3) is 73.4. The molecule has 0 saturated heterocycles. The highest BCUT2D eigenvalue weighted by Gasteiger charge is 2.18. The summed E-state index contributed by atoms with van der Waals surface area (Å²) in [7, 11) is 0. The number of amides is 1. The van der Waals surface area contributed by atoms with Crippen LogP contribution in [0.2, 0.25) is 0 Å². The topological polar surface area (TPSA) is 95.9 Å². The summed E-state index contributed by atoms with van der Waals surface area (Å²) in [6.45, 7) is 4.96. The van der Waals surface area contributed by atoms with E-state index in [9.17, 15) is 19.8 Å². The van der Waals surface area contributed by atoms with Gasteiger partial charge in [-0.15, -0.1) is 0 Å². The van der Waals surface area contributed by atoms with Crippen LogP contribution in [0.1, 0.15) is 463 Å². The summed E-state index contributed by atoms with van der Waals surface area (Å²) >= 11 is 0. The van der Waals surface area contributed by atoms with Gasteiger partial charge in [-0.1, -0.05) is 417 Å². The molecule has 0 heterocycles. The van der Waals surface area contributed by atoms with E-state index in [1.807, 2.05) is 6.08 Å². The van der Waals surface area contributed by atoms with Gasteiger partial charge in [0.15, 0.2) is 0 Å². The lowest BCUT2D eigenvalue weighted by Gasteiger charge is -2.20. The van der Waals surface area contributed by atoms with Crippen molar-refractivity contribution in [3.63, 3.8) is 0 Å². The van der Waals surface area contributed by atoms with Crippen molar-refractivity contribution >= 4 is 11.9 Å². The molecule has 0 aromatic rings. The van der Waals surface area contributed by atoms with Gasteiger partial charge in [0, 0.05) is 12.8 Å². The Morgan fingerprint density at radius 3 is 0.807 bits per heavy atom. The van der Waals surface area contributed by atoms with Crippen LogP contribution in [0.5, 0.6) is 0 Å². The second-order valence-corrected chi connectivity index (χ2v) is 28.1. The third-order valence-corrected chi connectivity index (χ3v) is 19.2. The van der Waals surface area contributed by atoms with E-state index >= 15 is 0 Å². The number of nitrogens with one attached hydrogen (secondary N) is 1. The van der Waals surface area contributed by atoms with Crippen LogP contribution in [0.15, 0.2) is 24.3 Å². The SMILES string of the molecule is CCCCCCCCCCCCCCCCCCC/C=C/C(O)C(CO)NC(=O)CCCCCCCCCCCCCCCCCCC/C=C\CCCCCCCCCCCCCCOC(=O)CCCCCCCCCCCCCCCCCCCCC. The monoisotopic (exact) mass is 1240 g/mol. The highest BCUT2D eigenvalue weighted by molar-refractivity contribution is 5.76. The van der Waals surface area contributed by atoms with Crippen LogP contribution in [0.4, 0.5) is 0 Å². The first-order chi connectivity index (χ1) is 43.5. The summed E-state index contributed by atoms with van der Waals surface area (Å²) in [5.41, 5.74) is 0. The fourth-order valence-electron chi connectivity index (χ4n) is 13.0. The van der Waals surface area contributed by atoms with Crippen molar-refractivity contribution < 1.29 is 24.5 Å². The molecule has 0 aliphatic carbocycles. The number of carbonyl (C=O) groups excluding carboxylic acids is 2. The minimum absolute atomic E-state index is 0.0244. The molecule has 2 atom stereocenters. The zero-order valence-electron chi connectivity index (χ0n) is 60.0. The Balaban J connectivity index is 3.35. The Labute approximate surface area is 551 Å². The van der Waals surface area contributed by atoms with Crippen molar-refractivity contribution in [2.45, 2.75) is 475 Å². The van der Waals surface area contributed by atoms with E-state index in [1.165, 1.54) is 398 Å². The normalized spacial score (nSPS) is 12.5. The minimum Gasteiger partial charge on any atom is -0.466 e. The molecular weight excluding hydrogens is 1080 g/mol. The molecule has 6 heteroatoms. The largest absolute Gasteiger partial charge is 0.466 e. The van der Waals surface area contributed by atoms with E-state index in [4.69, 9.17) is 4.74 Å². The second-order valence-electron chi connectivity index (χ2n) is 28.1. The van der Waals surface area contributed by atoms with E-state index in [0.29, 0.717) is 19.4 Å². The number of aliphatic hydroxyl groups excluding tert-OH is 2. The molecule has 0 spiro atoms. The Morgan fingerprint density at radius 1 is 0.307 bits per heavy atom. The van der Waals surface area contributed by atoms with Crippen LogP contribution in [-0.2, 0) is 14.3 Å². The van der Waals surface area contributed by atoms with Gasteiger partial charge in [0.2, 0.25) is 5.91 Å². The van der Waals surface area contributed by atoms with E-state index in [0.717, 1.165) is 38.5 Å². The Hall–Kier alpha value is -1.66. The number of carbonyl (C=O) groups is 2. The lowest BCUT2D eigenvalue weighted by Crippen LogP contribution is -2.45. The summed E-state index contributed by atoms with van der Waals surface area (Å²) in [5, 5.41) is 23.3. The Kier molecular flexibility index (Phi) is 76.3. The Morgan fingerprint density at radius 2 is 0.534 bits per heavy atom. The van der Waals surface area contributed by atoms with E-state index in [1.54, 1.807) is 6.08 Å². The van der Waals surface area contributed by atoms with Gasteiger partial charge in [-0.05, 0) is 57.8 Å². The van der Waals surface area contributed by atoms with Crippen LogP contribution in [-0.4, -0.2) is 47.4 Å². The zero-order valence-corrected chi connectivity index (χ0v) is 60.0. The van der Waals surface area contributed by atoms with E-state index < -0.39 is 12.1 Å². The van der Waals surface area contributed by atoms with Crippen molar-refractivity contribution in [1.82, 2.24) is 5.32 Å². The molecule has 0 fully saturated rings. The minimum atomic E-state index is -0.843. The van der Waals surface area contributed by atoms with Gasteiger partial charge in [-0.25, -0.2) is 0 Å². The van der Waals surface area contributed by atoms with Gasteiger partial charge in [-0.2, -0.15) is 0 Å². The van der Waals surface area contributed by atoms with Crippen molar-refractivity contribution in [3.05, 3.63) is 24.3 Å². The molecule has 2 unspecified atom stereocenters. The molecule has 0 aliphatic rings. The molecule has 0 radical (unpaired) electrons. The molecule has 88 heavy (non-hydrogen) atoms. The van der Waals surface area contributed by atoms with Gasteiger partial charge in [0.05, 0.1) is 25.4 Å². The lowest BCUT2D eigenvalue weighted by atomic mass is 10.0. The number of ether oxygens (including phenoxy) is 1. The zero-order chi connectivity index (χ0) is 63.5. The standard InChI is InChI=1S/C82H159NO5/c1-3-5-7-9-11-13-15-17-19-21-38-42-46-50-54-58-62-66-70-74-80(85)79(78-84)83-81(86)75-71-67-63-59-55-51-47-43-40-36-34-32-30-28-26-24-23-25-27-29-31-33-35-37-41-45-49-53-57-61-65-69-73-77-88-82(87)76-72-68-64-60-56-52-48-44-39-22-20-18-16-14-12-10-8-6-4-2/h27,29,70,74,79-80,84-85H,3-26,28,30-69,71-73,75-78H2,1-2H3,(H,83,86)/b29-27-,74-70+. The van der Waals surface area contributed by atoms with E-state index in [2.05, 4.69) is 31.3 Å². The maximum Gasteiger partial charge on any atom is 0.305 e. The second kappa shape index (κ2) is 77.8. The van der Waals surface area contributed by atoms with Gasteiger partial charge >= 0.3 is 5.97 Å². The summed E-state index contributed by atoms with van der Waals surface area (Å²) in [6.07, 6.45) is 100. The first kappa shape index (κ1) is 86.3. The quantitative estimate of drug-likeness (QED) is 0.0320. The van der Waals surface area contributed by atoms with Gasteiger partial charge < -0.3 is 20.3 Å².